The fraction of sp³-hybridized carbons (Fsp3) is 0.286. The topological polar surface area (TPSA) is 43.9 Å². The van der Waals surface area contributed by atoms with E-state index in [0.29, 0.717) is 0 Å². The number of rotatable bonds is 2. The average Bonchev–Trinajstić information content (AvgIpc) is 2.82. The van der Waals surface area contributed by atoms with Gasteiger partial charge in [0, 0.05) is 33.2 Å². The predicted molar refractivity (Wildman–Crippen MR) is 72.1 cm³/mol. The van der Waals surface area contributed by atoms with Gasteiger partial charge in [-0.2, -0.15) is 0 Å². The third kappa shape index (κ3) is 2.59. The van der Waals surface area contributed by atoms with Crippen LogP contribution in [-0.2, 0) is 0 Å². The Morgan fingerprint density at radius 3 is 2.61 bits per heavy atom. The zero-order chi connectivity index (χ0) is 13.2. The number of hydrogen-bond donors (Lipinski definition) is 0. The lowest BCUT2D eigenvalue weighted by Gasteiger charge is -2.19. The first-order chi connectivity index (χ1) is 8.48. The predicted octanol–water partition coefficient (Wildman–Crippen LogP) is 2.60. The smallest absolute Gasteiger partial charge is 0.184 e. The maximum absolute atomic E-state index is 12.0. The van der Waals surface area contributed by atoms with E-state index in [4.69, 9.17) is 0 Å². The largest absolute Gasteiger partial charge is 0.623 e. The average molecular weight is 243 g/mol. The molecule has 4 heteroatoms. The molecule has 0 atom stereocenters. The Morgan fingerprint density at radius 2 is 2.00 bits per heavy atom. The molecule has 0 N–H and O–H groups in total. The van der Waals surface area contributed by atoms with E-state index in [1.807, 2.05) is 55.8 Å². The van der Waals surface area contributed by atoms with Crippen molar-refractivity contribution in [2.24, 2.45) is 0 Å². The molecule has 0 fully saturated rings. The van der Waals surface area contributed by atoms with Crippen LogP contribution in [0.1, 0.15) is 26.3 Å². The third-order valence-electron chi connectivity index (χ3n) is 2.64. The first kappa shape index (κ1) is 12.4. The van der Waals surface area contributed by atoms with E-state index < -0.39 is 5.54 Å². The molecule has 2 aromatic rings. The van der Waals surface area contributed by atoms with Gasteiger partial charge in [0.2, 0.25) is 0 Å². The first-order valence-corrected chi connectivity index (χ1v) is 5.87. The van der Waals surface area contributed by atoms with Crippen molar-refractivity contribution in [3.05, 3.63) is 53.8 Å². The van der Waals surface area contributed by atoms with E-state index in [-0.39, 0.29) is 0 Å². The summed E-state index contributed by atoms with van der Waals surface area (Å²) < 4.78 is 2.87. The molecule has 0 aliphatic rings. The Kier molecular flexibility index (Phi) is 3.19. The van der Waals surface area contributed by atoms with Crippen molar-refractivity contribution in [1.82, 2.24) is 9.55 Å². The molecule has 94 valence electrons. The summed E-state index contributed by atoms with van der Waals surface area (Å²) in [7, 11) is 0. The second kappa shape index (κ2) is 4.64. The SMILES string of the molecule is CC(C)(C)/[N+]([O-])=C/c1ccccc1-n1ccnc1. The Hall–Kier alpha value is -2.10. The number of hydrogen-bond acceptors (Lipinski definition) is 2. The molecule has 4 nitrogen and oxygen atoms in total. The van der Waals surface area contributed by atoms with Crippen LogP contribution in [0, 0.1) is 5.21 Å². The van der Waals surface area contributed by atoms with Crippen molar-refractivity contribution >= 4 is 6.21 Å². The standard InChI is InChI=1S/C14H17N3O/c1-14(2,3)17(18)10-12-6-4-5-7-13(12)16-9-8-15-11-16/h4-11H,1-3H3/b17-10-. The van der Waals surface area contributed by atoms with Gasteiger partial charge in [0.05, 0.1) is 17.6 Å². The summed E-state index contributed by atoms with van der Waals surface area (Å²) in [5.74, 6) is 0. The van der Waals surface area contributed by atoms with Crippen LogP contribution in [0.2, 0.25) is 0 Å². The summed E-state index contributed by atoms with van der Waals surface area (Å²) in [4.78, 5) is 4.02. The van der Waals surface area contributed by atoms with E-state index in [9.17, 15) is 5.21 Å². The molecule has 1 heterocycles. The van der Waals surface area contributed by atoms with Gasteiger partial charge in [-0.25, -0.2) is 9.72 Å². The molecule has 0 amide bonds. The van der Waals surface area contributed by atoms with Crippen molar-refractivity contribution in [3.63, 3.8) is 0 Å². The molecular weight excluding hydrogens is 226 g/mol. The second-order valence-corrected chi connectivity index (χ2v) is 5.15. The molecule has 1 aromatic carbocycles. The van der Waals surface area contributed by atoms with Crippen molar-refractivity contribution in [3.8, 4) is 5.69 Å². The Bertz CT molecular complexity index is 551. The van der Waals surface area contributed by atoms with Gasteiger partial charge in [-0.15, -0.1) is 0 Å². The second-order valence-electron chi connectivity index (χ2n) is 5.15. The van der Waals surface area contributed by atoms with Gasteiger partial charge in [-0.3, -0.25) is 0 Å². The highest BCUT2D eigenvalue weighted by atomic mass is 16.5. The number of benzene rings is 1. The molecule has 0 radical (unpaired) electrons. The lowest BCUT2D eigenvalue weighted by atomic mass is 10.1. The van der Waals surface area contributed by atoms with Crippen LogP contribution >= 0.6 is 0 Å². The maximum Gasteiger partial charge on any atom is 0.184 e. The van der Waals surface area contributed by atoms with E-state index in [1.54, 1.807) is 18.7 Å². The molecule has 0 aliphatic carbocycles. The highest BCUT2D eigenvalue weighted by molar-refractivity contribution is 5.81. The zero-order valence-electron chi connectivity index (χ0n) is 10.9. The van der Waals surface area contributed by atoms with Crippen LogP contribution in [0.25, 0.3) is 5.69 Å². The molecule has 0 spiro atoms. The van der Waals surface area contributed by atoms with Crippen molar-refractivity contribution in [1.29, 1.82) is 0 Å². The van der Waals surface area contributed by atoms with Crippen LogP contribution in [0.3, 0.4) is 0 Å². The minimum Gasteiger partial charge on any atom is -0.623 e. The van der Waals surface area contributed by atoms with Gasteiger partial charge >= 0.3 is 0 Å². The lowest BCUT2D eigenvalue weighted by molar-refractivity contribution is -0.530. The number of hydroxylamine groups is 1. The van der Waals surface area contributed by atoms with Crippen molar-refractivity contribution in [2.45, 2.75) is 26.3 Å². The van der Waals surface area contributed by atoms with Gasteiger partial charge in [0.25, 0.3) is 0 Å². The maximum atomic E-state index is 12.0. The summed E-state index contributed by atoms with van der Waals surface area (Å²) in [6.07, 6.45) is 6.92. The van der Waals surface area contributed by atoms with E-state index in [2.05, 4.69) is 4.98 Å². The summed E-state index contributed by atoms with van der Waals surface area (Å²) in [5, 5.41) is 12.0. The monoisotopic (exact) mass is 243 g/mol. The number of nitrogens with zero attached hydrogens (tertiary/aromatic N) is 3. The molecule has 0 aliphatic heterocycles. The third-order valence-corrected chi connectivity index (χ3v) is 2.64. The molecule has 0 bridgehead atoms. The molecule has 18 heavy (non-hydrogen) atoms. The quantitative estimate of drug-likeness (QED) is 0.352. The van der Waals surface area contributed by atoms with Gasteiger partial charge < -0.3 is 9.77 Å². The molecule has 1 aromatic heterocycles. The highest BCUT2D eigenvalue weighted by Gasteiger charge is 2.18. The van der Waals surface area contributed by atoms with Crippen LogP contribution in [0.15, 0.2) is 43.0 Å². The van der Waals surface area contributed by atoms with Gasteiger partial charge in [-0.05, 0) is 12.1 Å². The summed E-state index contributed by atoms with van der Waals surface area (Å²) >= 11 is 0. The van der Waals surface area contributed by atoms with E-state index in [1.165, 1.54) is 0 Å². The van der Waals surface area contributed by atoms with Crippen molar-refractivity contribution < 1.29 is 4.74 Å². The van der Waals surface area contributed by atoms with Gasteiger partial charge in [-0.1, -0.05) is 12.1 Å². The number of imidazole rings is 1. The molecule has 0 saturated carbocycles. The minimum atomic E-state index is -0.442. The van der Waals surface area contributed by atoms with E-state index in [0.717, 1.165) is 16.0 Å². The summed E-state index contributed by atoms with van der Waals surface area (Å²) in [6, 6.07) is 7.75. The lowest BCUT2D eigenvalue weighted by Crippen LogP contribution is -2.29. The van der Waals surface area contributed by atoms with Crippen molar-refractivity contribution in [2.75, 3.05) is 0 Å². The van der Waals surface area contributed by atoms with Crippen LogP contribution in [-0.4, -0.2) is 26.0 Å². The molecule has 0 saturated heterocycles. The first-order valence-electron chi connectivity index (χ1n) is 5.87. The number of aromatic nitrogens is 2. The van der Waals surface area contributed by atoms with Gasteiger partial charge in [0.15, 0.2) is 11.8 Å². The Morgan fingerprint density at radius 1 is 1.28 bits per heavy atom. The zero-order valence-corrected chi connectivity index (χ0v) is 10.9. The fourth-order valence-corrected chi connectivity index (χ4v) is 1.55. The Labute approximate surface area is 107 Å². The number of para-hydroxylation sites is 1. The molecule has 0 unspecified atom stereocenters. The minimum absolute atomic E-state index is 0.442. The Balaban J connectivity index is 2.47. The fourth-order valence-electron chi connectivity index (χ4n) is 1.55. The highest BCUT2D eigenvalue weighted by Crippen LogP contribution is 2.13. The van der Waals surface area contributed by atoms with Crippen LogP contribution < -0.4 is 0 Å². The van der Waals surface area contributed by atoms with Gasteiger partial charge in [0.1, 0.15) is 0 Å². The molecule has 2 rings (SSSR count). The molecular formula is C14H17N3O. The van der Waals surface area contributed by atoms with E-state index >= 15 is 0 Å². The van der Waals surface area contributed by atoms with Crippen LogP contribution in [0.4, 0.5) is 0 Å². The summed E-state index contributed by atoms with van der Waals surface area (Å²) in [5.41, 5.74) is 1.38. The van der Waals surface area contributed by atoms with Crippen LogP contribution in [0.5, 0.6) is 0 Å². The summed E-state index contributed by atoms with van der Waals surface area (Å²) in [6.45, 7) is 5.66. The normalized spacial score (nSPS) is 12.7.